The number of ether oxygens (including phenoxy) is 3. The molecule has 38 heavy (non-hydrogen) atoms. The van der Waals surface area contributed by atoms with Gasteiger partial charge in [-0.15, -0.1) is 0 Å². The standard InChI is InChI=1S/C31H33NO6/c1-5-15-37-25-13-6-9-21(16-25)28-27(29(33)22-10-7-14-26(17-22)38-19-20(2)3)30(34)31(35)32(28)23-11-8-12-24(18-23)36-4/h6-14,16-18,20,28,33H,5,15,19H2,1-4H3/b29-27+. The Bertz CT molecular complexity index is 1350. The van der Waals surface area contributed by atoms with Crippen molar-refractivity contribution in [1.82, 2.24) is 0 Å². The Morgan fingerprint density at radius 3 is 2.32 bits per heavy atom. The van der Waals surface area contributed by atoms with Gasteiger partial charge in [0.2, 0.25) is 0 Å². The van der Waals surface area contributed by atoms with Crippen LogP contribution in [0.25, 0.3) is 5.76 Å². The van der Waals surface area contributed by atoms with Crippen LogP contribution in [0.1, 0.15) is 44.4 Å². The maximum Gasteiger partial charge on any atom is 0.300 e. The minimum absolute atomic E-state index is 0.00790. The first-order chi connectivity index (χ1) is 18.3. The van der Waals surface area contributed by atoms with Gasteiger partial charge in [0.25, 0.3) is 11.7 Å². The summed E-state index contributed by atoms with van der Waals surface area (Å²) in [5, 5.41) is 11.5. The first-order valence-corrected chi connectivity index (χ1v) is 12.7. The number of benzene rings is 3. The van der Waals surface area contributed by atoms with Crippen molar-refractivity contribution in [2.75, 3.05) is 25.2 Å². The lowest BCUT2D eigenvalue weighted by atomic mass is 9.95. The summed E-state index contributed by atoms with van der Waals surface area (Å²) in [5.41, 5.74) is 1.49. The van der Waals surface area contributed by atoms with Crippen molar-refractivity contribution in [2.45, 2.75) is 33.2 Å². The summed E-state index contributed by atoms with van der Waals surface area (Å²) in [7, 11) is 1.54. The van der Waals surface area contributed by atoms with Crippen molar-refractivity contribution in [3.05, 3.63) is 89.5 Å². The van der Waals surface area contributed by atoms with Gasteiger partial charge in [-0.1, -0.05) is 51.1 Å². The average molecular weight is 516 g/mol. The Kier molecular flexibility index (Phi) is 8.36. The molecule has 3 aromatic carbocycles. The molecular formula is C31H33NO6. The van der Waals surface area contributed by atoms with Crippen LogP contribution >= 0.6 is 0 Å². The number of hydrogen-bond donors (Lipinski definition) is 1. The van der Waals surface area contributed by atoms with E-state index in [0.717, 1.165) is 6.42 Å². The fourth-order valence-corrected chi connectivity index (χ4v) is 4.32. The van der Waals surface area contributed by atoms with Gasteiger partial charge in [-0.05, 0) is 54.3 Å². The van der Waals surface area contributed by atoms with Crippen molar-refractivity contribution in [3.8, 4) is 17.2 Å². The number of nitrogens with zero attached hydrogens (tertiary/aromatic N) is 1. The molecule has 7 heteroatoms. The largest absolute Gasteiger partial charge is 0.507 e. The zero-order valence-corrected chi connectivity index (χ0v) is 22.1. The van der Waals surface area contributed by atoms with Crippen LogP contribution < -0.4 is 19.1 Å². The van der Waals surface area contributed by atoms with E-state index < -0.39 is 17.7 Å². The normalized spacial score (nSPS) is 16.7. The van der Waals surface area contributed by atoms with Gasteiger partial charge < -0.3 is 19.3 Å². The highest BCUT2D eigenvalue weighted by Crippen LogP contribution is 2.43. The minimum Gasteiger partial charge on any atom is -0.507 e. The van der Waals surface area contributed by atoms with Crippen molar-refractivity contribution < 1.29 is 28.9 Å². The van der Waals surface area contributed by atoms with Gasteiger partial charge in [-0.3, -0.25) is 14.5 Å². The molecule has 3 aromatic rings. The first kappa shape index (κ1) is 26.8. The number of carbonyl (C=O) groups is 2. The number of amides is 1. The van der Waals surface area contributed by atoms with Crippen LogP contribution in [-0.4, -0.2) is 37.1 Å². The summed E-state index contributed by atoms with van der Waals surface area (Å²) in [6.45, 7) is 7.14. The van der Waals surface area contributed by atoms with E-state index in [9.17, 15) is 14.7 Å². The van der Waals surface area contributed by atoms with E-state index in [-0.39, 0.29) is 11.3 Å². The van der Waals surface area contributed by atoms with Gasteiger partial charge in [0, 0.05) is 17.3 Å². The summed E-state index contributed by atoms with van der Waals surface area (Å²) < 4.78 is 17.0. The van der Waals surface area contributed by atoms with Crippen LogP contribution in [0.5, 0.6) is 17.2 Å². The fourth-order valence-electron chi connectivity index (χ4n) is 4.32. The van der Waals surface area contributed by atoms with Gasteiger partial charge in [-0.2, -0.15) is 0 Å². The zero-order chi connectivity index (χ0) is 27.2. The molecule has 0 saturated carbocycles. The highest BCUT2D eigenvalue weighted by Gasteiger charge is 2.47. The third-order valence-electron chi connectivity index (χ3n) is 6.11. The number of ketones is 1. The Morgan fingerprint density at radius 1 is 0.921 bits per heavy atom. The van der Waals surface area contributed by atoms with Crippen LogP contribution in [-0.2, 0) is 9.59 Å². The number of methoxy groups -OCH3 is 1. The van der Waals surface area contributed by atoms with Gasteiger partial charge in [-0.25, -0.2) is 0 Å². The molecule has 1 saturated heterocycles. The Hall–Kier alpha value is -4.26. The number of aliphatic hydroxyl groups excluding tert-OH is 1. The molecule has 1 aliphatic heterocycles. The smallest absolute Gasteiger partial charge is 0.300 e. The molecule has 0 radical (unpaired) electrons. The number of Topliss-reactive ketones (excluding diaryl/α,β-unsaturated/α-hetero) is 1. The van der Waals surface area contributed by atoms with E-state index in [1.54, 1.807) is 54.6 Å². The molecule has 0 spiro atoms. The molecule has 0 aromatic heterocycles. The van der Waals surface area contributed by atoms with Crippen molar-refractivity contribution >= 4 is 23.1 Å². The monoisotopic (exact) mass is 515 g/mol. The van der Waals surface area contributed by atoms with E-state index in [0.29, 0.717) is 53.2 Å². The quantitative estimate of drug-likeness (QED) is 0.198. The fraction of sp³-hybridized carbons (Fsp3) is 0.290. The van der Waals surface area contributed by atoms with Gasteiger partial charge in [0.1, 0.15) is 23.0 Å². The third kappa shape index (κ3) is 5.67. The van der Waals surface area contributed by atoms with Crippen molar-refractivity contribution in [2.24, 2.45) is 5.92 Å². The molecule has 7 nitrogen and oxygen atoms in total. The first-order valence-electron chi connectivity index (χ1n) is 12.7. The van der Waals surface area contributed by atoms with Crippen molar-refractivity contribution in [3.63, 3.8) is 0 Å². The summed E-state index contributed by atoms with van der Waals surface area (Å²) in [6.07, 6.45) is 0.835. The average Bonchev–Trinajstić information content (AvgIpc) is 3.20. The lowest BCUT2D eigenvalue weighted by Gasteiger charge is -2.26. The number of carbonyl (C=O) groups excluding carboxylic acids is 2. The Labute approximate surface area is 223 Å². The van der Waals surface area contributed by atoms with E-state index in [2.05, 4.69) is 0 Å². The lowest BCUT2D eigenvalue weighted by molar-refractivity contribution is -0.132. The predicted molar refractivity (Wildman–Crippen MR) is 147 cm³/mol. The third-order valence-corrected chi connectivity index (χ3v) is 6.11. The maximum atomic E-state index is 13.5. The Morgan fingerprint density at radius 2 is 1.61 bits per heavy atom. The van der Waals surface area contributed by atoms with Crippen LogP contribution in [0, 0.1) is 5.92 Å². The van der Waals surface area contributed by atoms with E-state index in [1.807, 2.05) is 39.0 Å². The van der Waals surface area contributed by atoms with E-state index in [4.69, 9.17) is 14.2 Å². The Balaban J connectivity index is 1.87. The second-order valence-corrected chi connectivity index (χ2v) is 9.52. The zero-order valence-electron chi connectivity index (χ0n) is 22.1. The predicted octanol–water partition coefficient (Wildman–Crippen LogP) is 6.15. The molecule has 1 unspecified atom stereocenters. The summed E-state index contributed by atoms with van der Waals surface area (Å²) in [6, 6.07) is 20.2. The summed E-state index contributed by atoms with van der Waals surface area (Å²) in [5.74, 6) is 0.260. The van der Waals surface area contributed by atoms with Crippen LogP contribution in [0.4, 0.5) is 5.69 Å². The molecule has 1 fully saturated rings. The molecule has 1 heterocycles. The van der Waals surface area contributed by atoms with Crippen LogP contribution in [0.15, 0.2) is 78.4 Å². The second-order valence-electron chi connectivity index (χ2n) is 9.52. The lowest BCUT2D eigenvalue weighted by Crippen LogP contribution is -2.29. The molecule has 4 rings (SSSR count). The number of aliphatic hydroxyl groups is 1. The van der Waals surface area contributed by atoms with Crippen LogP contribution in [0.3, 0.4) is 0 Å². The molecule has 1 aliphatic rings. The van der Waals surface area contributed by atoms with Gasteiger partial charge >= 0.3 is 0 Å². The van der Waals surface area contributed by atoms with Gasteiger partial charge in [0.05, 0.1) is 31.9 Å². The molecule has 0 aliphatic carbocycles. The van der Waals surface area contributed by atoms with E-state index >= 15 is 0 Å². The minimum atomic E-state index is -0.882. The van der Waals surface area contributed by atoms with Crippen molar-refractivity contribution in [1.29, 1.82) is 0 Å². The van der Waals surface area contributed by atoms with Crippen LogP contribution in [0.2, 0.25) is 0 Å². The van der Waals surface area contributed by atoms with E-state index in [1.165, 1.54) is 12.0 Å². The number of anilines is 1. The molecule has 198 valence electrons. The summed E-state index contributed by atoms with van der Waals surface area (Å²) >= 11 is 0. The maximum absolute atomic E-state index is 13.5. The topological polar surface area (TPSA) is 85.3 Å². The highest BCUT2D eigenvalue weighted by molar-refractivity contribution is 6.51. The summed E-state index contributed by atoms with van der Waals surface area (Å²) in [4.78, 5) is 28.4. The molecule has 1 N–H and O–H groups in total. The second kappa shape index (κ2) is 11.9. The number of hydrogen-bond acceptors (Lipinski definition) is 6. The highest BCUT2D eigenvalue weighted by atomic mass is 16.5. The number of rotatable bonds is 10. The molecule has 1 amide bonds. The molecule has 1 atom stereocenters. The molecule has 0 bridgehead atoms. The molecular weight excluding hydrogens is 482 g/mol. The SMILES string of the molecule is CCCOc1cccc(C2/C(=C(\O)c3cccc(OCC(C)C)c3)C(=O)C(=O)N2c2cccc(OC)c2)c1. The van der Waals surface area contributed by atoms with Gasteiger partial charge in [0.15, 0.2) is 0 Å².